The quantitative estimate of drug-likeness (QED) is 0.726. The third kappa shape index (κ3) is 2.68. The zero-order valence-corrected chi connectivity index (χ0v) is 8.23. The molecule has 2 atom stereocenters. The van der Waals surface area contributed by atoms with Crippen LogP contribution in [0.3, 0.4) is 0 Å². The second kappa shape index (κ2) is 4.53. The Bertz CT molecular complexity index is 341. The van der Waals surface area contributed by atoms with Gasteiger partial charge in [0.2, 0.25) is 0 Å². The molecule has 1 heterocycles. The SMILES string of the molecule is CC(N)C(C)Nc1cc(C#N)ncn1. The molecule has 0 aliphatic carbocycles. The van der Waals surface area contributed by atoms with Gasteiger partial charge in [-0.15, -0.1) is 0 Å². The van der Waals surface area contributed by atoms with E-state index in [0.29, 0.717) is 11.5 Å². The maximum Gasteiger partial charge on any atom is 0.145 e. The highest BCUT2D eigenvalue weighted by molar-refractivity contribution is 5.39. The average Bonchev–Trinajstić information content (AvgIpc) is 2.18. The number of aromatic nitrogens is 2. The van der Waals surface area contributed by atoms with Crippen LogP contribution in [0.25, 0.3) is 0 Å². The van der Waals surface area contributed by atoms with Gasteiger partial charge in [-0.1, -0.05) is 0 Å². The van der Waals surface area contributed by atoms with E-state index in [1.807, 2.05) is 19.9 Å². The number of anilines is 1. The summed E-state index contributed by atoms with van der Waals surface area (Å²) in [6.45, 7) is 3.86. The number of nitrogens with two attached hydrogens (primary N) is 1. The Hall–Kier alpha value is -1.67. The van der Waals surface area contributed by atoms with Crippen molar-refractivity contribution in [3.05, 3.63) is 18.1 Å². The van der Waals surface area contributed by atoms with E-state index in [9.17, 15) is 0 Å². The molecule has 1 aromatic rings. The molecular weight excluding hydrogens is 178 g/mol. The summed E-state index contributed by atoms with van der Waals surface area (Å²) >= 11 is 0. The first-order valence-corrected chi connectivity index (χ1v) is 4.37. The highest BCUT2D eigenvalue weighted by Crippen LogP contribution is 2.05. The monoisotopic (exact) mass is 191 g/mol. The molecule has 3 N–H and O–H groups in total. The van der Waals surface area contributed by atoms with Gasteiger partial charge in [0.05, 0.1) is 0 Å². The molecule has 2 unspecified atom stereocenters. The smallest absolute Gasteiger partial charge is 0.145 e. The Balaban J connectivity index is 2.73. The first kappa shape index (κ1) is 10.4. The Morgan fingerprint density at radius 1 is 1.50 bits per heavy atom. The van der Waals surface area contributed by atoms with E-state index in [-0.39, 0.29) is 12.1 Å². The van der Waals surface area contributed by atoms with E-state index in [2.05, 4.69) is 15.3 Å². The van der Waals surface area contributed by atoms with Crippen LogP contribution in [0.5, 0.6) is 0 Å². The number of rotatable bonds is 3. The number of nitriles is 1. The number of nitrogens with zero attached hydrogens (tertiary/aromatic N) is 3. The van der Waals surface area contributed by atoms with Crippen molar-refractivity contribution in [2.24, 2.45) is 5.73 Å². The number of hydrogen-bond acceptors (Lipinski definition) is 5. The van der Waals surface area contributed by atoms with Crippen LogP contribution in [0, 0.1) is 11.3 Å². The highest BCUT2D eigenvalue weighted by Gasteiger charge is 2.07. The van der Waals surface area contributed by atoms with Crippen molar-refractivity contribution >= 4 is 5.82 Å². The molecule has 1 aromatic heterocycles. The lowest BCUT2D eigenvalue weighted by atomic mass is 10.2. The molecule has 14 heavy (non-hydrogen) atoms. The van der Waals surface area contributed by atoms with Crippen molar-refractivity contribution in [3.8, 4) is 6.07 Å². The highest BCUT2D eigenvalue weighted by atomic mass is 15.0. The van der Waals surface area contributed by atoms with Crippen LogP contribution in [0.4, 0.5) is 5.82 Å². The molecule has 0 saturated heterocycles. The summed E-state index contributed by atoms with van der Waals surface area (Å²) in [5.41, 5.74) is 6.03. The van der Waals surface area contributed by atoms with Crippen molar-refractivity contribution in [1.29, 1.82) is 5.26 Å². The summed E-state index contributed by atoms with van der Waals surface area (Å²) < 4.78 is 0. The Morgan fingerprint density at radius 2 is 2.21 bits per heavy atom. The molecule has 5 nitrogen and oxygen atoms in total. The molecule has 5 heteroatoms. The molecule has 0 aromatic carbocycles. The van der Waals surface area contributed by atoms with Crippen LogP contribution in [0.15, 0.2) is 12.4 Å². The van der Waals surface area contributed by atoms with Gasteiger partial charge in [0.25, 0.3) is 0 Å². The molecule has 0 radical (unpaired) electrons. The minimum absolute atomic E-state index is 0.0236. The predicted molar refractivity (Wildman–Crippen MR) is 53.5 cm³/mol. The Morgan fingerprint density at radius 3 is 2.79 bits per heavy atom. The van der Waals surface area contributed by atoms with E-state index in [4.69, 9.17) is 11.0 Å². The predicted octanol–water partition coefficient (Wildman–Crippen LogP) is 0.496. The van der Waals surface area contributed by atoms with Crippen LogP contribution in [-0.2, 0) is 0 Å². The third-order valence-electron chi connectivity index (χ3n) is 1.95. The second-order valence-electron chi connectivity index (χ2n) is 3.19. The van der Waals surface area contributed by atoms with Gasteiger partial charge in [0.1, 0.15) is 23.9 Å². The van der Waals surface area contributed by atoms with Gasteiger partial charge in [-0.3, -0.25) is 0 Å². The molecule has 0 saturated carbocycles. The summed E-state index contributed by atoms with van der Waals surface area (Å²) in [6.07, 6.45) is 1.36. The normalized spacial score (nSPS) is 14.1. The molecule has 1 rings (SSSR count). The Labute approximate surface area is 83.0 Å². The van der Waals surface area contributed by atoms with E-state index in [0.717, 1.165) is 0 Å². The molecule has 74 valence electrons. The maximum absolute atomic E-state index is 8.61. The van der Waals surface area contributed by atoms with Crippen LogP contribution in [0.2, 0.25) is 0 Å². The van der Waals surface area contributed by atoms with Crippen LogP contribution in [-0.4, -0.2) is 22.1 Å². The van der Waals surface area contributed by atoms with Gasteiger partial charge in [-0.2, -0.15) is 5.26 Å². The van der Waals surface area contributed by atoms with E-state index in [1.54, 1.807) is 6.07 Å². The fraction of sp³-hybridized carbons (Fsp3) is 0.444. The van der Waals surface area contributed by atoms with Crippen LogP contribution in [0.1, 0.15) is 19.5 Å². The number of nitrogens with one attached hydrogen (secondary N) is 1. The zero-order chi connectivity index (χ0) is 10.6. The van der Waals surface area contributed by atoms with Crippen molar-refractivity contribution in [1.82, 2.24) is 9.97 Å². The van der Waals surface area contributed by atoms with Gasteiger partial charge in [-0.25, -0.2) is 9.97 Å². The van der Waals surface area contributed by atoms with Crippen LogP contribution >= 0.6 is 0 Å². The topological polar surface area (TPSA) is 87.6 Å². The molecule has 0 amide bonds. The van der Waals surface area contributed by atoms with Crippen LogP contribution < -0.4 is 11.1 Å². The first-order chi connectivity index (χ1) is 6.63. The van der Waals surface area contributed by atoms with E-state index < -0.39 is 0 Å². The lowest BCUT2D eigenvalue weighted by Gasteiger charge is -2.17. The molecule has 0 bridgehead atoms. The minimum atomic E-state index is 0.0236. The van der Waals surface area contributed by atoms with Gasteiger partial charge < -0.3 is 11.1 Å². The molecule has 0 spiro atoms. The van der Waals surface area contributed by atoms with Gasteiger partial charge in [-0.05, 0) is 13.8 Å². The summed E-state index contributed by atoms with van der Waals surface area (Å²) in [5, 5.41) is 11.7. The van der Waals surface area contributed by atoms with Gasteiger partial charge in [0, 0.05) is 18.2 Å². The molecule has 0 aliphatic heterocycles. The van der Waals surface area contributed by atoms with E-state index in [1.165, 1.54) is 6.33 Å². The average molecular weight is 191 g/mol. The lowest BCUT2D eigenvalue weighted by Crippen LogP contribution is -2.35. The van der Waals surface area contributed by atoms with E-state index >= 15 is 0 Å². The van der Waals surface area contributed by atoms with Gasteiger partial charge in [0.15, 0.2) is 0 Å². The van der Waals surface area contributed by atoms with Gasteiger partial charge >= 0.3 is 0 Å². The lowest BCUT2D eigenvalue weighted by molar-refractivity contribution is 0.636. The second-order valence-corrected chi connectivity index (χ2v) is 3.19. The van der Waals surface area contributed by atoms with Crippen molar-refractivity contribution < 1.29 is 0 Å². The summed E-state index contributed by atoms with van der Waals surface area (Å²) in [7, 11) is 0. The maximum atomic E-state index is 8.61. The first-order valence-electron chi connectivity index (χ1n) is 4.37. The zero-order valence-electron chi connectivity index (χ0n) is 8.23. The standard InChI is InChI=1S/C9H13N5/c1-6(11)7(2)14-9-3-8(4-10)12-5-13-9/h3,5-7H,11H2,1-2H3,(H,12,13,14). The fourth-order valence-corrected chi connectivity index (χ4v) is 0.862. The third-order valence-corrected chi connectivity index (χ3v) is 1.95. The molecule has 0 fully saturated rings. The molecule has 0 aliphatic rings. The summed E-state index contributed by atoms with van der Waals surface area (Å²) in [6, 6.07) is 3.68. The summed E-state index contributed by atoms with van der Waals surface area (Å²) in [4.78, 5) is 7.75. The van der Waals surface area contributed by atoms with Crippen molar-refractivity contribution in [3.63, 3.8) is 0 Å². The minimum Gasteiger partial charge on any atom is -0.366 e. The van der Waals surface area contributed by atoms with Crippen molar-refractivity contribution in [2.75, 3.05) is 5.32 Å². The number of hydrogen-bond donors (Lipinski definition) is 2. The van der Waals surface area contributed by atoms with Crippen molar-refractivity contribution in [2.45, 2.75) is 25.9 Å². The Kier molecular flexibility index (Phi) is 3.37. The molecular formula is C9H13N5. The fourth-order valence-electron chi connectivity index (χ4n) is 0.862. The largest absolute Gasteiger partial charge is 0.366 e. The summed E-state index contributed by atoms with van der Waals surface area (Å²) in [5.74, 6) is 0.626.